The third kappa shape index (κ3) is 5.28. The first kappa shape index (κ1) is 18.4. The van der Waals surface area contributed by atoms with E-state index in [9.17, 15) is 14.7 Å². The SMILES string of the molecule is CCOC(=O)C(CC(=O)C1(O)CCCCC1)NC1CCCCC1. The quantitative estimate of drug-likeness (QED) is 0.703. The first-order valence-corrected chi connectivity index (χ1v) is 9.23. The Kier molecular flexibility index (Phi) is 7.03. The molecule has 0 aromatic rings. The van der Waals surface area contributed by atoms with Crippen LogP contribution in [0.15, 0.2) is 0 Å². The maximum atomic E-state index is 12.6. The molecule has 23 heavy (non-hydrogen) atoms. The fourth-order valence-corrected chi connectivity index (χ4v) is 3.80. The number of rotatable bonds is 7. The summed E-state index contributed by atoms with van der Waals surface area (Å²) < 4.78 is 5.13. The lowest BCUT2D eigenvalue weighted by Gasteiger charge is -2.33. The number of esters is 1. The van der Waals surface area contributed by atoms with Gasteiger partial charge in [0.05, 0.1) is 6.61 Å². The molecule has 0 radical (unpaired) electrons. The molecule has 5 nitrogen and oxygen atoms in total. The first-order valence-electron chi connectivity index (χ1n) is 9.23. The van der Waals surface area contributed by atoms with Crippen molar-refractivity contribution in [2.45, 2.75) is 95.2 Å². The van der Waals surface area contributed by atoms with Crippen molar-refractivity contribution in [1.29, 1.82) is 0 Å². The molecular weight excluding hydrogens is 294 g/mol. The van der Waals surface area contributed by atoms with Gasteiger partial charge in [-0.15, -0.1) is 0 Å². The van der Waals surface area contributed by atoms with Crippen molar-refractivity contribution in [3.63, 3.8) is 0 Å². The number of ketones is 1. The number of aliphatic hydroxyl groups is 1. The number of hydrogen-bond donors (Lipinski definition) is 2. The minimum Gasteiger partial charge on any atom is -0.465 e. The van der Waals surface area contributed by atoms with Crippen LogP contribution in [0.5, 0.6) is 0 Å². The van der Waals surface area contributed by atoms with Crippen molar-refractivity contribution in [2.75, 3.05) is 6.61 Å². The molecule has 2 saturated carbocycles. The van der Waals surface area contributed by atoms with E-state index in [1.54, 1.807) is 6.92 Å². The summed E-state index contributed by atoms with van der Waals surface area (Å²) in [4.78, 5) is 24.8. The summed E-state index contributed by atoms with van der Waals surface area (Å²) in [5.74, 6) is -0.579. The van der Waals surface area contributed by atoms with E-state index in [1.165, 1.54) is 6.42 Å². The summed E-state index contributed by atoms with van der Waals surface area (Å²) in [5, 5.41) is 13.9. The molecule has 0 amide bonds. The maximum Gasteiger partial charge on any atom is 0.323 e. The molecule has 0 aliphatic heterocycles. The highest BCUT2D eigenvalue weighted by Crippen LogP contribution is 2.30. The van der Waals surface area contributed by atoms with Crippen LogP contribution in [0.1, 0.15) is 77.6 Å². The second-order valence-electron chi connectivity index (χ2n) is 7.03. The van der Waals surface area contributed by atoms with Gasteiger partial charge >= 0.3 is 5.97 Å². The van der Waals surface area contributed by atoms with E-state index < -0.39 is 11.6 Å². The number of carbonyl (C=O) groups excluding carboxylic acids is 2. The van der Waals surface area contributed by atoms with Crippen molar-refractivity contribution in [3.8, 4) is 0 Å². The standard InChI is InChI=1S/C18H31NO4/c1-2-23-17(21)15(19-14-9-5-3-6-10-14)13-16(20)18(22)11-7-4-8-12-18/h14-15,19,22H,2-13H2,1H3. The molecule has 1 atom stereocenters. The van der Waals surface area contributed by atoms with Gasteiger partial charge in [-0.3, -0.25) is 9.59 Å². The number of carbonyl (C=O) groups is 2. The van der Waals surface area contributed by atoms with E-state index >= 15 is 0 Å². The number of ether oxygens (including phenoxy) is 1. The average molecular weight is 325 g/mol. The van der Waals surface area contributed by atoms with Crippen molar-refractivity contribution < 1.29 is 19.4 Å². The van der Waals surface area contributed by atoms with Crippen molar-refractivity contribution in [1.82, 2.24) is 5.32 Å². The summed E-state index contributed by atoms with van der Waals surface area (Å²) >= 11 is 0. The van der Waals surface area contributed by atoms with Crippen LogP contribution in [0, 0.1) is 0 Å². The molecule has 2 aliphatic carbocycles. The summed E-state index contributed by atoms with van der Waals surface area (Å²) in [6, 6.07) is -0.358. The largest absolute Gasteiger partial charge is 0.465 e. The molecule has 0 spiro atoms. The van der Waals surface area contributed by atoms with Gasteiger partial charge in [-0.2, -0.15) is 0 Å². The lowest BCUT2D eigenvalue weighted by molar-refractivity contribution is -0.151. The Bertz CT molecular complexity index is 398. The van der Waals surface area contributed by atoms with Crippen LogP contribution in [-0.4, -0.2) is 41.2 Å². The van der Waals surface area contributed by atoms with Gasteiger partial charge in [0.15, 0.2) is 5.78 Å². The van der Waals surface area contributed by atoms with Crippen LogP contribution in [0.25, 0.3) is 0 Å². The lowest BCUT2D eigenvalue weighted by Crippen LogP contribution is -2.50. The van der Waals surface area contributed by atoms with Gasteiger partial charge in [0.1, 0.15) is 11.6 Å². The zero-order valence-corrected chi connectivity index (χ0v) is 14.3. The van der Waals surface area contributed by atoms with E-state index in [2.05, 4.69) is 5.32 Å². The van der Waals surface area contributed by atoms with Gasteiger partial charge in [-0.25, -0.2) is 0 Å². The highest BCUT2D eigenvalue weighted by Gasteiger charge is 2.39. The third-order valence-electron chi connectivity index (χ3n) is 5.20. The molecular formula is C18H31NO4. The third-order valence-corrected chi connectivity index (χ3v) is 5.20. The summed E-state index contributed by atoms with van der Waals surface area (Å²) in [7, 11) is 0. The maximum absolute atomic E-state index is 12.6. The molecule has 0 bridgehead atoms. The topological polar surface area (TPSA) is 75.6 Å². The zero-order chi connectivity index (χ0) is 16.7. The molecule has 0 aromatic heterocycles. The summed E-state index contributed by atoms with van der Waals surface area (Å²) in [6.07, 6.45) is 9.52. The molecule has 2 aliphatic rings. The molecule has 2 N–H and O–H groups in total. The fraction of sp³-hybridized carbons (Fsp3) is 0.889. The first-order chi connectivity index (χ1) is 11.0. The highest BCUT2D eigenvalue weighted by molar-refractivity contribution is 5.91. The Morgan fingerprint density at radius 1 is 1.13 bits per heavy atom. The van der Waals surface area contributed by atoms with Gasteiger partial charge in [-0.1, -0.05) is 38.5 Å². The van der Waals surface area contributed by atoms with Crippen LogP contribution in [-0.2, 0) is 14.3 Å². The number of nitrogens with one attached hydrogen (secondary N) is 1. The predicted molar refractivity (Wildman–Crippen MR) is 88.1 cm³/mol. The van der Waals surface area contributed by atoms with E-state index in [4.69, 9.17) is 4.74 Å². The molecule has 1 unspecified atom stereocenters. The molecule has 2 fully saturated rings. The Hall–Kier alpha value is -0.940. The Morgan fingerprint density at radius 3 is 2.35 bits per heavy atom. The molecule has 0 saturated heterocycles. The van der Waals surface area contributed by atoms with Crippen LogP contribution in [0.3, 0.4) is 0 Å². The molecule has 2 rings (SSSR count). The lowest BCUT2D eigenvalue weighted by atomic mass is 9.80. The molecule has 5 heteroatoms. The summed E-state index contributed by atoms with van der Waals surface area (Å²) in [6.45, 7) is 2.08. The van der Waals surface area contributed by atoms with Gasteiger partial charge < -0.3 is 15.2 Å². The van der Waals surface area contributed by atoms with Gasteiger partial charge in [0.25, 0.3) is 0 Å². The van der Waals surface area contributed by atoms with Crippen LogP contribution >= 0.6 is 0 Å². The predicted octanol–water partition coefficient (Wildman–Crippen LogP) is 2.49. The second kappa shape index (κ2) is 8.78. The van der Waals surface area contributed by atoms with Crippen molar-refractivity contribution in [2.24, 2.45) is 0 Å². The van der Waals surface area contributed by atoms with Crippen molar-refractivity contribution in [3.05, 3.63) is 0 Å². The minimum atomic E-state index is -1.24. The van der Waals surface area contributed by atoms with Crippen LogP contribution in [0.2, 0.25) is 0 Å². The summed E-state index contributed by atoms with van der Waals surface area (Å²) in [5.41, 5.74) is -1.24. The number of Topliss-reactive ketones (excluding diaryl/α,β-unsaturated/α-hetero) is 1. The molecule has 0 aromatic carbocycles. The smallest absolute Gasteiger partial charge is 0.323 e. The van der Waals surface area contributed by atoms with Crippen LogP contribution in [0.4, 0.5) is 0 Å². The Labute approximate surface area is 139 Å². The van der Waals surface area contributed by atoms with Crippen LogP contribution < -0.4 is 5.32 Å². The van der Waals surface area contributed by atoms with E-state index in [0.717, 1.165) is 44.9 Å². The molecule has 132 valence electrons. The zero-order valence-electron chi connectivity index (χ0n) is 14.3. The van der Waals surface area contributed by atoms with Gasteiger partial charge in [-0.05, 0) is 32.6 Å². The second-order valence-corrected chi connectivity index (χ2v) is 7.03. The highest BCUT2D eigenvalue weighted by atomic mass is 16.5. The van der Waals surface area contributed by atoms with Gasteiger partial charge in [0.2, 0.25) is 0 Å². The average Bonchev–Trinajstić information content (AvgIpc) is 2.56. The number of hydrogen-bond acceptors (Lipinski definition) is 5. The molecule has 0 heterocycles. The van der Waals surface area contributed by atoms with Gasteiger partial charge in [0, 0.05) is 12.5 Å². The normalized spacial score (nSPS) is 23.2. The fourth-order valence-electron chi connectivity index (χ4n) is 3.80. The monoisotopic (exact) mass is 325 g/mol. The van der Waals surface area contributed by atoms with E-state index in [-0.39, 0.29) is 24.2 Å². The van der Waals surface area contributed by atoms with Crippen molar-refractivity contribution >= 4 is 11.8 Å². The minimum absolute atomic E-state index is 0.0336. The van der Waals surface area contributed by atoms with E-state index in [1.807, 2.05) is 0 Å². The Morgan fingerprint density at radius 2 is 1.74 bits per heavy atom. The van der Waals surface area contributed by atoms with E-state index in [0.29, 0.717) is 19.4 Å². The Balaban J connectivity index is 1.97.